The number of aromatic nitrogens is 4. The van der Waals surface area contributed by atoms with Gasteiger partial charge in [-0.05, 0) is 32.6 Å². The second-order valence-corrected chi connectivity index (χ2v) is 5.29. The first kappa shape index (κ1) is 11.8. The molecule has 0 atom stereocenters. The van der Waals surface area contributed by atoms with Gasteiger partial charge in [0.25, 0.3) is 0 Å². The summed E-state index contributed by atoms with van der Waals surface area (Å²) in [6, 6.07) is 0. The van der Waals surface area contributed by atoms with Crippen LogP contribution in [0.5, 0.6) is 0 Å². The summed E-state index contributed by atoms with van der Waals surface area (Å²) in [6.45, 7) is 2.83. The predicted molar refractivity (Wildman–Crippen MR) is 70.9 cm³/mol. The standard InChI is InChI=1S/C13H17ClN4/c1-9-16-10-5-3-4-6-11(10)18(9)8-13-15-7-12(14)17(13)2/h7H,3-6,8H2,1-2H3. The van der Waals surface area contributed by atoms with Gasteiger partial charge in [0.1, 0.15) is 16.8 Å². The minimum atomic E-state index is 0.677. The molecule has 0 fully saturated rings. The molecule has 2 heterocycles. The molecule has 0 spiro atoms. The first-order valence-corrected chi connectivity index (χ1v) is 6.75. The van der Waals surface area contributed by atoms with E-state index in [1.54, 1.807) is 6.20 Å². The van der Waals surface area contributed by atoms with Crippen LogP contribution in [0.1, 0.15) is 35.9 Å². The van der Waals surface area contributed by atoms with Crippen LogP contribution in [0, 0.1) is 6.92 Å². The number of halogens is 1. The van der Waals surface area contributed by atoms with E-state index in [0.717, 1.165) is 31.0 Å². The molecule has 0 bridgehead atoms. The summed E-state index contributed by atoms with van der Waals surface area (Å²) in [4.78, 5) is 9.04. The average molecular weight is 265 g/mol. The second-order valence-electron chi connectivity index (χ2n) is 4.90. The Bertz CT molecular complexity index is 582. The lowest BCUT2D eigenvalue weighted by Crippen LogP contribution is -2.13. The van der Waals surface area contributed by atoms with Gasteiger partial charge < -0.3 is 9.13 Å². The van der Waals surface area contributed by atoms with E-state index >= 15 is 0 Å². The van der Waals surface area contributed by atoms with Crippen LogP contribution < -0.4 is 0 Å². The van der Waals surface area contributed by atoms with Crippen LogP contribution in [-0.2, 0) is 26.4 Å². The molecule has 0 saturated heterocycles. The Hall–Kier alpha value is -1.29. The van der Waals surface area contributed by atoms with Crippen LogP contribution in [0.3, 0.4) is 0 Å². The van der Waals surface area contributed by atoms with Gasteiger partial charge in [-0.25, -0.2) is 9.97 Å². The smallest absolute Gasteiger partial charge is 0.129 e. The fourth-order valence-corrected chi connectivity index (χ4v) is 2.80. The molecule has 0 aliphatic heterocycles. The van der Waals surface area contributed by atoms with Crippen molar-refractivity contribution < 1.29 is 0 Å². The molecule has 96 valence electrons. The average Bonchev–Trinajstić information content (AvgIpc) is 2.85. The number of hydrogen-bond donors (Lipinski definition) is 0. The zero-order valence-corrected chi connectivity index (χ0v) is 11.5. The monoisotopic (exact) mass is 264 g/mol. The van der Waals surface area contributed by atoms with Crippen molar-refractivity contribution in [3.8, 4) is 0 Å². The number of imidazole rings is 2. The third kappa shape index (κ3) is 1.85. The van der Waals surface area contributed by atoms with Crippen molar-refractivity contribution in [1.29, 1.82) is 0 Å². The molecular weight excluding hydrogens is 248 g/mol. The largest absolute Gasteiger partial charge is 0.324 e. The van der Waals surface area contributed by atoms with Crippen LogP contribution in [-0.4, -0.2) is 19.1 Å². The van der Waals surface area contributed by atoms with Crippen molar-refractivity contribution in [2.24, 2.45) is 7.05 Å². The number of aryl methyl sites for hydroxylation is 2. The van der Waals surface area contributed by atoms with E-state index in [9.17, 15) is 0 Å². The third-order valence-electron chi connectivity index (χ3n) is 3.75. The summed E-state index contributed by atoms with van der Waals surface area (Å²) in [5, 5.41) is 0.677. The van der Waals surface area contributed by atoms with Gasteiger partial charge in [0, 0.05) is 12.7 Å². The first-order chi connectivity index (χ1) is 8.66. The molecule has 2 aromatic heterocycles. The summed E-state index contributed by atoms with van der Waals surface area (Å²) in [5.41, 5.74) is 2.66. The maximum absolute atomic E-state index is 6.03. The second kappa shape index (κ2) is 4.43. The number of nitrogens with zero attached hydrogens (tertiary/aromatic N) is 4. The number of fused-ring (bicyclic) bond motifs is 1. The first-order valence-electron chi connectivity index (χ1n) is 6.38. The fourth-order valence-electron chi connectivity index (χ4n) is 2.66. The van der Waals surface area contributed by atoms with Crippen LogP contribution in [0.2, 0.25) is 5.15 Å². The van der Waals surface area contributed by atoms with E-state index in [0.29, 0.717) is 5.15 Å². The van der Waals surface area contributed by atoms with E-state index in [4.69, 9.17) is 11.6 Å². The van der Waals surface area contributed by atoms with Crippen molar-refractivity contribution in [2.75, 3.05) is 0 Å². The molecule has 1 aliphatic carbocycles. The van der Waals surface area contributed by atoms with E-state index in [2.05, 4.69) is 21.5 Å². The molecule has 4 nitrogen and oxygen atoms in total. The fraction of sp³-hybridized carbons (Fsp3) is 0.538. The molecular formula is C13H17ClN4. The lowest BCUT2D eigenvalue weighted by molar-refractivity contribution is 0.606. The van der Waals surface area contributed by atoms with Crippen molar-refractivity contribution in [1.82, 2.24) is 19.1 Å². The Kier molecular flexibility index (Phi) is 2.90. The molecule has 0 radical (unpaired) electrons. The van der Waals surface area contributed by atoms with E-state index in [-0.39, 0.29) is 0 Å². The number of hydrogen-bond acceptors (Lipinski definition) is 2. The van der Waals surface area contributed by atoms with Crippen LogP contribution in [0.4, 0.5) is 0 Å². The zero-order chi connectivity index (χ0) is 12.7. The Morgan fingerprint density at radius 1 is 1.33 bits per heavy atom. The SMILES string of the molecule is Cc1nc2c(n1Cc1ncc(Cl)n1C)CCCC2. The lowest BCUT2D eigenvalue weighted by Gasteiger charge is -2.14. The highest BCUT2D eigenvalue weighted by atomic mass is 35.5. The maximum Gasteiger partial charge on any atom is 0.129 e. The van der Waals surface area contributed by atoms with Gasteiger partial charge in [-0.1, -0.05) is 11.6 Å². The molecule has 2 aromatic rings. The summed E-state index contributed by atoms with van der Waals surface area (Å²) in [5.74, 6) is 2.06. The molecule has 5 heteroatoms. The molecule has 1 aliphatic rings. The van der Waals surface area contributed by atoms with Crippen molar-refractivity contribution in [2.45, 2.75) is 39.2 Å². The molecule has 3 rings (SSSR count). The topological polar surface area (TPSA) is 35.6 Å². The number of rotatable bonds is 2. The summed E-state index contributed by atoms with van der Waals surface area (Å²) < 4.78 is 4.21. The Labute approximate surface area is 112 Å². The Morgan fingerprint density at radius 2 is 2.11 bits per heavy atom. The van der Waals surface area contributed by atoms with Gasteiger partial charge >= 0.3 is 0 Å². The van der Waals surface area contributed by atoms with Crippen molar-refractivity contribution >= 4 is 11.6 Å². The highest BCUT2D eigenvalue weighted by Gasteiger charge is 2.19. The summed E-state index contributed by atoms with van der Waals surface area (Å²) in [6.07, 6.45) is 6.48. The highest BCUT2D eigenvalue weighted by molar-refractivity contribution is 6.29. The van der Waals surface area contributed by atoms with Gasteiger partial charge in [-0.15, -0.1) is 0 Å². The molecule has 0 unspecified atom stereocenters. The maximum atomic E-state index is 6.03. The minimum absolute atomic E-state index is 0.677. The quantitative estimate of drug-likeness (QED) is 0.836. The van der Waals surface area contributed by atoms with Crippen LogP contribution in [0.25, 0.3) is 0 Å². The van der Waals surface area contributed by atoms with E-state index in [1.165, 1.54) is 24.2 Å². The Balaban J connectivity index is 1.97. The van der Waals surface area contributed by atoms with Gasteiger partial charge in [-0.3, -0.25) is 0 Å². The summed E-state index contributed by atoms with van der Waals surface area (Å²) >= 11 is 6.03. The minimum Gasteiger partial charge on any atom is -0.324 e. The normalized spacial score (nSPS) is 14.8. The molecule has 0 N–H and O–H groups in total. The van der Waals surface area contributed by atoms with Gasteiger partial charge in [0.2, 0.25) is 0 Å². The zero-order valence-electron chi connectivity index (χ0n) is 10.8. The lowest BCUT2D eigenvalue weighted by atomic mass is 10.0. The van der Waals surface area contributed by atoms with Gasteiger partial charge in [-0.2, -0.15) is 0 Å². The van der Waals surface area contributed by atoms with Crippen LogP contribution >= 0.6 is 11.6 Å². The van der Waals surface area contributed by atoms with Crippen molar-refractivity contribution in [3.05, 3.63) is 34.4 Å². The molecule has 18 heavy (non-hydrogen) atoms. The molecule has 0 saturated carbocycles. The third-order valence-corrected chi connectivity index (χ3v) is 4.10. The predicted octanol–water partition coefficient (Wildman–Crippen LogP) is 2.51. The Morgan fingerprint density at radius 3 is 2.83 bits per heavy atom. The summed E-state index contributed by atoms with van der Waals surface area (Å²) in [7, 11) is 1.95. The van der Waals surface area contributed by atoms with Crippen molar-refractivity contribution in [3.63, 3.8) is 0 Å². The molecule has 0 amide bonds. The molecule has 0 aromatic carbocycles. The van der Waals surface area contributed by atoms with E-state index < -0.39 is 0 Å². The highest BCUT2D eigenvalue weighted by Crippen LogP contribution is 2.23. The van der Waals surface area contributed by atoms with Gasteiger partial charge in [0.05, 0.1) is 18.4 Å². The van der Waals surface area contributed by atoms with E-state index in [1.807, 2.05) is 11.6 Å². The van der Waals surface area contributed by atoms with Crippen LogP contribution in [0.15, 0.2) is 6.20 Å². The van der Waals surface area contributed by atoms with Gasteiger partial charge in [0.15, 0.2) is 0 Å².